The molecule has 5 heteroatoms. The van der Waals surface area contributed by atoms with E-state index in [-0.39, 0.29) is 16.1 Å². The number of nitro groups is 1. The van der Waals surface area contributed by atoms with E-state index in [0.717, 1.165) is 18.4 Å². The largest absolute Gasteiger partial charge is 0.359 e. The third-order valence-electron chi connectivity index (χ3n) is 3.08. The van der Waals surface area contributed by atoms with E-state index in [0.29, 0.717) is 5.82 Å². The predicted molar refractivity (Wildman–Crippen MR) is 61.5 cm³/mol. The lowest BCUT2D eigenvalue weighted by Gasteiger charge is -2.39. The molecule has 1 aliphatic carbocycles. The molecule has 0 amide bonds. The first kappa shape index (κ1) is 10.9. The van der Waals surface area contributed by atoms with Crippen molar-refractivity contribution in [3.63, 3.8) is 0 Å². The Morgan fingerprint density at radius 3 is 2.75 bits per heavy atom. The Labute approximate surface area is 94.0 Å². The van der Waals surface area contributed by atoms with Crippen LogP contribution in [0.5, 0.6) is 0 Å². The molecule has 0 saturated heterocycles. The molecule has 86 valence electrons. The number of pyridine rings is 1. The van der Waals surface area contributed by atoms with Crippen molar-refractivity contribution >= 4 is 11.5 Å². The third kappa shape index (κ3) is 1.98. The monoisotopic (exact) mass is 221 g/mol. The molecule has 1 fully saturated rings. The van der Waals surface area contributed by atoms with Gasteiger partial charge in [-0.1, -0.05) is 0 Å². The van der Waals surface area contributed by atoms with Crippen molar-refractivity contribution in [2.75, 3.05) is 5.32 Å². The molecular formula is C11H15N3O2. The van der Waals surface area contributed by atoms with Gasteiger partial charge in [0.1, 0.15) is 0 Å². The van der Waals surface area contributed by atoms with Crippen LogP contribution in [0.15, 0.2) is 12.3 Å². The zero-order valence-electron chi connectivity index (χ0n) is 9.49. The second-order valence-electron chi connectivity index (χ2n) is 4.68. The summed E-state index contributed by atoms with van der Waals surface area (Å²) in [6, 6.07) is 1.55. The molecule has 1 aromatic rings. The lowest BCUT2D eigenvalue weighted by Crippen LogP contribution is -2.42. The number of rotatable bonds is 3. The van der Waals surface area contributed by atoms with Crippen molar-refractivity contribution in [1.29, 1.82) is 0 Å². The van der Waals surface area contributed by atoms with Gasteiger partial charge in [0.25, 0.3) is 0 Å². The van der Waals surface area contributed by atoms with E-state index in [1.165, 1.54) is 6.42 Å². The van der Waals surface area contributed by atoms with Crippen LogP contribution in [0.4, 0.5) is 11.5 Å². The third-order valence-corrected chi connectivity index (χ3v) is 3.08. The zero-order chi connectivity index (χ0) is 11.8. The van der Waals surface area contributed by atoms with Gasteiger partial charge < -0.3 is 5.32 Å². The highest BCUT2D eigenvalue weighted by molar-refractivity contribution is 5.58. The maximum absolute atomic E-state index is 10.9. The fourth-order valence-electron chi connectivity index (χ4n) is 1.91. The maximum atomic E-state index is 10.9. The fraction of sp³-hybridized carbons (Fsp3) is 0.545. The number of anilines is 1. The van der Waals surface area contributed by atoms with Crippen LogP contribution in [-0.2, 0) is 0 Å². The van der Waals surface area contributed by atoms with Crippen LogP contribution in [0.1, 0.15) is 31.7 Å². The molecule has 0 bridgehead atoms. The summed E-state index contributed by atoms with van der Waals surface area (Å²) in [5.74, 6) is 0.387. The van der Waals surface area contributed by atoms with Crippen LogP contribution in [0.2, 0.25) is 0 Å². The summed E-state index contributed by atoms with van der Waals surface area (Å²) in [5, 5.41) is 14.1. The zero-order valence-corrected chi connectivity index (χ0v) is 9.49. The van der Waals surface area contributed by atoms with Gasteiger partial charge in [0.2, 0.25) is 5.82 Å². The molecule has 0 aromatic carbocycles. The van der Waals surface area contributed by atoms with E-state index in [2.05, 4.69) is 17.2 Å². The average Bonchev–Trinajstić information content (AvgIpc) is 2.18. The van der Waals surface area contributed by atoms with Gasteiger partial charge in [0, 0.05) is 17.8 Å². The highest BCUT2D eigenvalue weighted by atomic mass is 16.6. The van der Waals surface area contributed by atoms with Crippen molar-refractivity contribution < 1.29 is 4.92 Å². The molecular weight excluding hydrogens is 206 g/mol. The molecule has 1 N–H and O–H groups in total. The molecule has 0 radical (unpaired) electrons. The summed E-state index contributed by atoms with van der Waals surface area (Å²) in [5.41, 5.74) is 0.844. The minimum absolute atomic E-state index is 0.0208. The van der Waals surface area contributed by atoms with Gasteiger partial charge in [-0.05, 0) is 38.7 Å². The molecule has 1 aliphatic rings. The minimum atomic E-state index is -0.385. The normalized spacial score (nSPS) is 17.6. The van der Waals surface area contributed by atoms with Gasteiger partial charge >= 0.3 is 5.69 Å². The standard InChI is InChI=1S/C11H15N3O2/c1-8-6-9(14(15)16)10(12-7-8)13-11(2)4-3-5-11/h6-7H,3-5H2,1-2H3,(H,12,13). The van der Waals surface area contributed by atoms with Crippen molar-refractivity contribution in [2.24, 2.45) is 0 Å². The van der Waals surface area contributed by atoms with Crippen molar-refractivity contribution in [3.05, 3.63) is 27.9 Å². The van der Waals surface area contributed by atoms with Gasteiger partial charge in [-0.25, -0.2) is 4.98 Å². The lowest BCUT2D eigenvalue weighted by atomic mass is 9.78. The Morgan fingerprint density at radius 1 is 1.56 bits per heavy atom. The second-order valence-corrected chi connectivity index (χ2v) is 4.68. The maximum Gasteiger partial charge on any atom is 0.311 e. The topological polar surface area (TPSA) is 68.1 Å². The highest BCUT2D eigenvalue weighted by Gasteiger charge is 2.33. The van der Waals surface area contributed by atoms with Crippen LogP contribution >= 0.6 is 0 Å². The van der Waals surface area contributed by atoms with Crippen LogP contribution in [-0.4, -0.2) is 15.4 Å². The summed E-state index contributed by atoms with van der Waals surface area (Å²) in [6.07, 6.45) is 4.90. The lowest BCUT2D eigenvalue weighted by molar-refractivity contribution is -0.384. The van der Waals surface area contributed by atoms with Crippen molar-refractivity contribution in [3.8, 4) is 0 Å². The number of hydrogen-bond donors (Lipinski definition) is 1. The second kappa shape index (κ2) is 3.73. The smallest absolute Gasteiger partial charge is 0.311 e. The molecule has 1 aromatic heterocycles. The van der Waals surface area contributed by atoms with Crippen LogP contribution in [0, 0.1) is 17.0 Å². The van der Waals surface area contributed by atoms with E-state index >= 15 is 0 Å². The molecule has 0 unspecified atom stereocenters. The molecule has 0 spiro atoms. The molecule has 2 rings (SSSR count). The summed E-state index contributed by atoms with van der Waals surface area (Å²) >= 11 is 0. The quantitative estimate of drug-likeness (QED) is 0.629. The van der Waals surface area contributed by atoms with Gasteiger partial charge in [0.05, 0.1) is 4.92 Å². The van der Waals surface area contributed by atoms with E-state index in [4.69, 9.17) is 0 Å². The number of nitrogens with zero attached hydrogens (tertiary/aromatic N) is 2. The first-order valence-electron chi connectivity index (χ1n) is 5.39. The Morgan fingerprint density at radius 2 is 2.25 bits per heavy atom. The number of nitrogens with one attached hydrogen (secondary N) is 1. The summed E-state index contributed by atoms with van der Waals surface area (Å²) < 4.78 is 0. The average molecular weight is 221 g/mol. The number of hydrogen-bond acceptors (Lipinski definition) is 4. The Hall–Kier alpha value is -1.65. The van der Waals surface area contributed by atoms with Crippen LogP contribution < -0.4 is 5.32 Å². The fourth-order valence-corrected chi connectivity index (χ4v) is 1.91. The highest BCUT2D eigenvalue weighted by Crippen LogP contribution is 2.36. The molecule has 1 heterocycles. The summed E-state index contributed by atoms with van der Waals surface area (Å²) in [6.45, 7) is 3.87. The predicted octanol–water partition coefficient (Wildman–Crippen LogP) is 2.65. The van der Waals surface area contributed by atoms with Crippen LogP contribution in [0.3, 0.4) is 0 Å². The Kier molecular flexibility index (Phi) is 2.53. The molecule has 0 atom stereocenters. The molecule has 5 nitrogen and oxygen atoms in total. The Bertz CT molecular complexity index is 427. The number of aryl methyl sites for hydroxylation is 1. The first-order chi connectivity index (χ1) is 7.50. The van der Waals surface area contributed by atoms with Gasteiger partial charge in [-0.3, -0.25) is 10.1 Å². The summed E-state index contributed by atoms with van der Waals surface area (Å²) in [4.78, 5) is 14.6. The van der Waals surface area contributed by atoms with E-state index in [1.54, 1.807) is 19.2 Å². The van der Waals surface area contributed by atoms with E-state index in [1.807, 2.05) is 0 Å². The van der Waals surface area contributed by atoms with Crippen LogP contribution in [0.25, 0.3) is 0 Å². The molecule has 0 aliphatic heterocycles. The van der Waals surface area contributed by atoms with Gasteiger partial charge in [-0.2, -0.15) is 0 Å². The molecule has 16 heavy (non-hydrogen) atoms. The van der Waals surface area contributed by atoms with E-state index in [9.17, 15) is 10.1 Å². The van der Waals surface area contributed by atoms with Gasteiger partial charge in [-0.15, -0.1) is 0 Å². The minimum Gasteiger partial charge on any atom is -0.359 e. The SMILES string of the molecule is Cc1cnc(NC2(C)CCC2)c([N+](=O)[O-])c1. The Balaban J connectivity index is 2.29. The first-order valence-corrected chi connectivity index (χ1v) is 5.39. The summed E-state index contributed by atoms with van der Waals surface area (Å²) in [7, 11) is 0. The number of aromatic nitrogens is 1. The van der Waals surface area contributed by atoms with Gasteiger partial charge in [0.15, 0.2) is 0 Å². The van der Waals surface area contributed by atoms with E-state index < -0.39 is 0 Å². The molecule has 1 saturated carbocycles. The van der Waals surface area contributed by atoms with Crippen molar-refractivity contribution in [2.45, 2.75) is 38.6 Å². The van der Waals surface area contributed by atoms with Crippen molar-refractivity contribution in [1.82, 2.24) is 4.98 Å².